The van der Waals surface area contributed by atoms with E-state index in [1.807, 2.05) is 49.4 Å². The third-order valence-corrected chi connectivity index (χ3v) is 4.27. The van der Waals surface area contributed by atoms with Crippen LogP contribution < -0.4 is 10.1 Å². The van der Waals surface area contributed by atoms with Gasteiger partial charge in [0.25, 0.3) is 0 Å². The van der Waals surface area contributed by atoms with E-state index in [4.69, 9.17) is 20.8 Å². The third-order valence-electron chi connectivity index (χ3n) is 3.94. The maximum Gasteiger partial charge on any atom is 0.220 e. The number of hydrogen-bond acceptors (Lipinski definition) is 4. The number of aryl methyl sites for hydroxylation is 2. The molecule has 27 heavy (non-hydrogen) atoms. The van der Waals surface area contributed by atoms with E-state index in [1.165, 1.54) is 0 Å². The molecule has 1 amide bonds. The molecule has 0 unspecified atom stereocenters. The number of hydrogen-bond donors (Lipinski definition) is 1. The quantitative estimate of drug-likeness (QED) is 0.583. The van der Waals surface area contributed by atoms with Crippen molar-refractivity contribution in [3.8, 4) is 17.1 Å². The molecule has 3 rings (SSSR count). The molecule has 0 saturated heterocycles. The highest BCUT2D eigenvalue weighted by Crippen LogP contribution is 2.28. The molecule has 0 aliphatic carbocycles. The highest BCUT2D eigenvalue weighted by atomic mass is 35.5. The summed E-state index contributed by atoms with van der Waals surface area (Å²) in [6.45, 7) is 2.88. The van der Waals surface area contributed by atoms with Crippen LogP contribution in [0, 0.1) is 6.92 Å². The molecule has 1 aromatic heterocycles. The van der Waals surface area contributed by atoms with Crippen LogP contribution in [-0.2, 0) is 11.2 Å². The van der Waals surface area contributed by atoms with Gasteiger partial charge in [-0.15, -0.1) is 0 Å². The summed E-state index contributed by atoms with van der Waals surface area (Å²) in [4.78, 5) is 16.2. The van der Waals surface area contributed by atoms with Gasteiger partial charge in [-0.2, -0.15) is 0 Å². The van der Waals surface area contributed by atoms with E-state index in [0.717, 1.165) is 16.9 Å². The van der Waals surface area contributed by atoms with Crippen molar-refractivity contribution < 1.29 is 13.9 Å². The van der Waals surface area contributed by atoms with Crippen LogP contribution in [0.25, 0.3) is 11.3 Å². The van der Waals surface area contributed by atoms with Crippen LogP contribution in [0.15, 0.2) is 59.1 Å². The third kappa shape index (κ3) is 5.59. The van der Waals surface area contributed by atoms with Crippen molar-refractivity contribution in [2.75, 3.05) is 13.2 Å². The number of carbonyl (C=O) groups excluding carboxylic acids is 1. The van der Waals surface area contributed by atoms with Gasteiger partial charge in [-0.3, -0.25) is 4.79 Å². The van der Waals surface area contributed by atoms with E-state index in [9.17, 15) is 4.79 Å². The standard InChI is InChI=1S/C21H21ClN2O3/c1-15-5-4-6-16(13-15)26-12-11-23-20(25)9-10-21-24-14-19(27-21)17-7-2-3-8-18(17)22/h2-8,13-14H,9-12H2,1H3,(H,23,25). The molecule has 0 saturated carbocycles. The average molecular weight is 385 g/mol. The Balaban J connectivity index is 1.40. The van der Waals surface area contributed by atoms with Crippen molar-refractivity contribution in [2.24, 2.45) is 0 Å². The lowest BCUT2D eigenvalue weighted by Crippen LogP contribution is -2.28. The van der Waals surface area contributed by atoms with E-state index in [1.54, 1.807) is 12.3 Å². The van der Waals surface area contributed by atoms with Crippen LogP contribution in [0.1, 0.15) is 17.9 Å². The van der Waals surface area contributed by atoms with Crippen molar-refractivity contribution >= 4 is 17.5 Å². The maximum atomic E-state index is 12.0. The number of rotatable bonds is 8. The molecule has 140 valence electrons. The Bertz CT molecular complexity index is 908. The Morgan fingerprint density at radius 3 is 2.89 bits per heavy atom. The average Bonchev–Trinajstić information content (AvgIpc) is 3.13. The molecule has 0 aliphatic heterocycles. The van der Waals surface area contributed by atoms with Gasteiger partial charge in [-0.1, -0.05) is 35.9 Å². The number of amides is 1. The summed E-state index contributed by atoms with van der Waals surface area (Å²) in [6, 6.07) is 15.2. The number of nitrogens with zero attached hydrogens (tertiary/aromatic N) is 1. The number of oxazole rings is 1. The molecule has 1 N–H and O–H groups in total. The van der Waals surface area contributed by atoms with Crippen LogP contribution in [0.4, 0.5) is 0 Å². The second-order valence-electron chi connectivity index (χ2n) is 6.11. The first-order valence-corrected chi connectivity index (χ1v) is 9.15. The van der Waals surface area contributed by atoms with E-state index >= 15 is 0 Å². The fourth-order valence-corrected chi connectivity index (χ4v) is 2.81. The predicted molar refractivity (Wildman–Crippen MR) is 105 cm³/mol. The van der Waals surface area contributed by atoms with Crippen LogP contribution in [0.2, 0.25) is 5.02 Å². The van der Waals surface area contributed by atoms with Gasteiger partial charge in [0.05, 0.1) is 17.8 Å². The highest BCUT2D eigenvalue weighted by Gasteiger charge is 2.11. The minimum atomic E-state index is -0.0691. The van der Waals surface area contributed by atoms with Crippen molar-refractivity contribution in [3.63, 3.8) is 0 Å². The van der Waals surface area contributed by atoms with Gasteiger partial charge in [0, 0.05) is 18.4 Å². The van der Waals surface area contributed by atoms with Gasteiger partial charge >= 0.3 is 0 Å². The van der Waals surface area contributed by atoms with Crippen LogP contribution >= 0.6 is 11.6 Å². The molecule has 0 bridgehead atoms. The Hall–Kier alpha value is -2.79. The van der Waals surface area contributed by atoms with E-state index in [-0.39, 0.29) is 5.91 Å². The zero-order valence-electron chi connectivity index (χ0n) is 15.1. The molecule has 0 spiro atoms. The second kappa shape index (κ2) is 9.24. The van der Waals surface area contributed by atoms with Gasteiger partial charge in [0.2, 0.25) is 5.91 Å². The zero-order valence-corrected chi connectivity index (χ0v) is 15.8. The molecule has 0 fully saturated rings. The van der Waals surface area contributed by atoms with Crippen molar-refractivity contribution in [1.82, 2.24) is 10.3 Å². The zero-order chi connectivity index (χ0) is 19.1. The Labute approximate surface area is 163 Å². The first-order valence-electron chi connectivity index (χ1n) is 8.77. The van der Waals surface area contributed by atoms with E-state index in [2.05, 4.69) is 10.3 Å². The summed E-state index contributed by atoms with van der Waals surface area (Å²) >= 11 is 6.16. The number of ether oxygens (including phenoxy) is 1. The van der Waals surface area contributed by atoms with Gasteiger partial charge < -0.3 is 14.5 Å². The maximum absolute atomic E-state index is 12.0. The Morgan fingerprint density at radius 2 is 2.07 bits per heavy atom. The van der Waals surface area contributed by atoms with Crippen LogP contribution in [-0.4, -0.2) is 24.0 Å². The second-order valence-corrected chi connectivity index (χ2v) is 6.52. The smallest absolute Gasteiger partial charge is 0.220 e. The fourth-order valence-electron chi connectivity index (χ4n) is 2.58. The van der Waals surface area contributed by atoms with Gasteiger partial charge in [0.1, 0.15) is 12.4 Å². The molecule has 1 heterocycles. The van der Waals surface area contributed by atoms with E-state index in [0.29, 0.717) is 42.7 Å². The SMILES string of the molecule is Cc1cccc(OCCNC(=O)CCc2ncc(-c3ccccc3Cl)o2)c1. The summed E-state index contributed by atoms with van der Waals surface area (Å²) < 4.78 is 11.3. The number of carbonyl (C=O) groups is 1. The topological polar surface area (TPSA) is 64.4 Å². The molecule has 2 aromatic carbocycles. The number of nitrogens with one attached hydrogen (secondary N) is 1. The van der Waals surface area contributed by atoms with Gasteiger partial charge in [-0.25, -0.2) is 4.98 Å². The molecule has 0 radical (unpaired) electrons. The summed E-state index contributed by atoms with van der Waals surface area (Å²) in [5.41, 5.74) is 1.93. The molecule has 0 aliphatic rings. The molecule has 3 aromatic rings. The Morgan fingerprint density at radius 1 is 1.22 bits per heavy atom. The highest BCUT2D eigenvalue weighted by molar-refractivity contribution is 6.33. The molecule has 5 nitrogen and oxygen atoms in total. The summed E-state index contributed by atoms with van der Waals surface area (Å²) in [5, 5.41) is 3.43. The summed E-state index contributed by atoms with van der Waals surface area (Å²) in [7, 11) is 0. The molecule has 6 heteroatoms. The summed E-state index contributed by atoms with van der Waals surface area (Å²) in [6.07, 6.45) is 2.35. The number of aromatic nitrogens is 1. The minimum Gasteiger partial charge on any atom is -0.492 e. The Kier molecular flexibility index (Phi) is 6.49. The number of benzene rings is 2. The molecular formula is C21H21ClN2O3. The van der Waals surface area contributed by atoms with Crippen LogP contribution in [0.5, 0.6) is 5.75 Å². The predicted octanol–water partition coefficient (Wildman–Crippen LogP) is 4.43. The first kappa shape index (κ1) is 19.0. The normalized spacial score (nSPS) is 10.6. The lowest BCUT2D eigenvalue weighted by atomic mass is 10.2. The lowest BCUT2D eigenvalue weighted by molar-refractivity contribution is -0.121. The lowest BCUT2D eigenvalue weighted by Gasteiger charge is -2.08. The largest absolute Gasteiger partial charge is 0.492 e. The summed E-state index contributed by atoms with van der Waals surface area (Å²) in [5.74, 6) is 1.84. The van der Waals surface area contributed by atoms with Crippen LogP contribution in [0.3, 0.4) is 0 Å². The van der Waals surface area contributed by atoms with Gasteiger partial charge in [-0.05, 0) is 36.8 Å². The number of halogens is 1. The van der Waals surface area contributed by atoms with E-state index < -0.39 is 0 Å². The molecular weight excluding hydrogens is 364 g/mol. The van der Waals surface area contributed by atoms with Crippen molar-refractivity contribution in [2.45, 2.75) is 19.8 Å². The van der Waals surface area contributed by atoms with Crippen molar-refractivity contribution in [1.29, 1.82) is 0 Å². The minimum absolute atomic E-state index is 0.0691. The van der Waals surface area contributed by atoms with Gasteiger partial charge in [0.15, 0.2) is 11.7 Å². The first-order chi connectivity index (χ1) is 13.1. The fraction of sp³-hybridized carbons (Fsp3) is 0.238. The monoisotopic (exact) mass is 384 g/mol. The molecule has 0 atom stereocenters. The van der Waals surface area contributed by atoms with Crippen molar-refractivity contribution in [3.05, 3.63) is 71.2 Å².